The van der Waals surface area contributed by atoms with E-state index in [0.29, 0.717) is 5.58 Å². The van der Waals surface area contributed by atoms with Crippen LogP contribution in [0.3, 0.4) is 0 Å². The molecule has 1 aromatic heterocycles. The third-order valence-corrected chi connectivity index (χ3v) is 8.19. The minimum absolute atomic E-state index is 0.106. The lowest BCUT2D eigenvalue weighted by molar-refractivity contribution is -0.139. The van der Waals surface area contributed by atoms with Crippen molar-refractivity contribution >= 4 is 27.0 Å². The van der Waals surface area contributed by atoms with Crippen LogP contribution in [0.4, 0.5) is 0 Å². The monoisotopic (exact) mass is 453 g/mol. The largest absolute Gasteiger partial charge is 0.425 e. The number of sulfonamides is 1. The van der Waals surface area contributed by atoms with Gasteiger partial charge in [0.2, 0.25) is 10.0 Å². The lowest BCUT2D eigenvalue weighted by Gasteiger charge is -2.34. The fraction of sp³-hybridized carbons (Fsp3) is 0.333. The molecule has 166 valence electrons. The summed E-state index contributed by atoms with van der Waals surface area (Å²) in [5.74, 6) is -0.541. The Hall–Kier alpha value is -2.97. The maximum Gasteiger partial charge on any atom is 0.339 e. The quantitative estimate of drug-likeness (QED) is 0.343. The topological polar surface area (TPSA) is 93.9 Å². The average molecular weight is 454 g/mol. The van der Waals surface area contributed by atoms with E-state index in [-0.39, 0.29) is 30.1 Å². The van der Waals surface area contributed by atoms with Crippen LogP contribution in [-0.2, 0) is 40.6 Å². The second-order valence-corrected chi connectivity index (χ2v) is 10.4. The van der Waals surface area contributed by atoms with E-state index >= 15 is 0 Å². The zero-order valence-corrected chi connectivity index (χ0v) is 18.5. The van der Waals surface area contributed by atoms with Gasteiger partial charge in [-0.25, -0.2) is 18.0 Å². The standard InChI is InChI=1S/C24H23NO6S/c1-2-32(28,29)25-14-16-7-4-3-6-15(16)12-21(25)24(27)30-17-10-11-19-18-8-5-9-20(18)23(26)31-22(19)13-17/h3-4,6-7,10-11,13,21H,2,5,8-9,12,14H2,1H3. The van der Waals surface area contributed by atoms with Crippen LogP contribution < -0.4 is 10.4 Å². The zero-order chi connectivity index (χ0) is 22.5. The van der Waals surface area contributed by atoms with E-state index < -0.39 is 22.0 Å². The highest BCUT2D eigenvalue weighted by Crippen LogP contribution is 2.31. The first kappa shape index (κ1) is 20.9. The molecule has 2 heterocycles. The van der Waals surface area contributed by atoms with Crippen molar-refractivity contribution in [3.63, 3.8) is 0 Å². The minimum atomic E-state index is -3.62. The molecule has 5 rings (SSSR count). The summed E-state index contributed by atoms with van der Waals surface area (Å²) in [5.41, 5.74) is 3.55. The lowest BCUT2D eigenvalue weighted by Crippen LogP contribution is -2.50. The smallest absolute Gasteiger partial charge is 0.339 e. The lowest BCUT2D eigenvalue weighted by atomic mass is 9.96. The Bertz CT molecular complexity index is 1390. The van der Waals surface area contributed by atoms with E-state index in [1.54, 1.807) is 19.1 Å². The molecule has 0 saturated heterocycles. The number of benzene rings is 2. The number of hydrogen-bond donors (Lipinski definition) is 0. The van der Waals surface area contributed by atoms with Crippen LogP contribution in [0.2, 0.25) is 0 Å². The van der Waals surface area contributed by atoms with Crippen LogP contribution in [-0.4, -0.2) is 30.5 Å². The molecule has 1 atom stereocenters. The summed E-state index contributed by atoms with van der Waals surface area (Å²) in [5, 5.41) is 0.846. The van der Waals surface area contributed by atoms with Crippen LogP contribution in [0.1, 0.15) is 35.6 Å². The molecule has 0 radical (unpaired) electrons. The van der Waals surface area contributed by atoms with Crippen molar-refractivity contribution in [2.24, 2.45) is 0 Å². The van der Waals surface area contributed by atoms with Gasteiger partial charge in [0.05, 0.1) is 5.75 Å². The summed E-state index contributed by atoms with van der Waals surface area (Å²) < 4.78 is 37.7. The predicted octanol–water partition coefficient (Wildman–Crippen LogP) is 2.96. The average Bonchev–Trinajstić information content (AvgIpc) is 3.29. The first-order valence-corrected chi connectivity index (χ1v) is 12.3. The van der Waals surface area contributed by atoms with Crippen LogP contribution in [0, 0.1) is 0 Å². The summed E-state index contributed by atoms with van der Waals surface area (Å²) in [7, 11) is -3.62. The molecule has 1 unspecified atom stereocenters. The summed E-state index contributed by atoms with van der Waals surface area (Å²) in [4.78, 5) is 25.4. The number of fused-ring (bicyclic) bond motifs is 4. The third kappa shape index (κ3) is 3.53. The fourth-order valence-corrected chi connectivity index (χ4v) is 5.89. The van der Waals surface area contributed by atoms with Crippen molar-refractivity contribution in [1.29, 1.82) is 0 Å². The van der Waals surface area contributed by atoms with E-state index in [2.05, 4.69) is 0 Å². The van der Waals surface area contributed by atoms with Crippen LogP contribution in [0.15, 0.2) is 51.7 Å². The summed E-state index contributed by atoms with van der Waals surface area (Å²) in [6.07, 6.45) is 2.70. The number of ether oxygens (including phenoxy) is 1. The van der Waals surface area contributed by atoms with Crippen LogP contribution >= 0.6 is 0 Å². The second kappa shape index (κ2) is 7.86. The molecule has 8 heteroatoms. The molecule has 7 nitrogen and oxygen atoms in total. The van der Waals surface area contributed by atoms with Gasteiger partial charge in [0.15, 0.2) is 0 Å². The van der Waals surface area contributed by atoms with Crippen molar-refractivity contribution in [2.45, 2.75) is 45.2 Å². The fourth-order valence-electron chi connectivity index (χ4n) is 4.67. The zero-order valence-electron chi connectivity index (χ0n) is 17.7. The highest BCUT2D eigenvalue weighted by atomic mass is 32.2. The van der Waals surface area contributed by atoms with Gasteiger partial charge in [-0.1, -0.05) is 24.3 Å². The van der Waals surface area contributed by atoms with Gasteiger partial charge in [-0.05, 0) is 55.0 Å². The van der Waals surface area contributed by atoms with Gasteiger partial charge in [-0.2, -0.15) is 4.31 Å². The summed E-state index contributed by atoms with van der Waals surface area (Å²) >= 11 is 0. The number of aryl methyl sites for hydroxylation is 1. The SMILES string of the molecule is CCS(=O)(=O)N1Cc2ccccc2CC1C(=O)Oc1ccc2c3c(c(=O)oc2c1)CCC3. The molecule has 2 aromatic carbocycles. The molecule has 1 aliphatic carbocycles. The molecule has 0 saturated carbocycles. The molecule has 32 heavy (non-hydrogen) atoms. The first-order valence-electron chi connectivity index (χ1n) is 10.7. The van der Waals surface area contributed by atoms with Crippen LogP contribution in [0.5, 0.6) is 5.75 Å². The molecular weight excluding hydrogens is 430 g/mol. The van der Waals surface area contributed by atoms with E-state index in [0.717, 1.165) is 46.9 Å². The Morgan fingerprint density at radius 1 is 1.12 bits per heavy atom. The molecule has 2 aliphatic rings. The van der Waals surface area contributed by atoms with Gasteiger partial charge >= 0.3 is 11.6 Å². The van der Waals surface area contributed by atoms with Gasteiger partial charge in [0.1, 0.15) is 17.4 Å². The maximum atomic E-state index is 13.1. The molecule has 0 spiro atoms. The van der Waals surface area contributed by atoms with E-state index in [1.165, 1.54) is 10.4 Å². The number of hydrogen-bond acceptors (Lipinski definition) is 6. The van der Waals surface area contributed by atoms with E-state index in [1.807, 2.05) is 24.3 Å². The Kier molecular flexibility index (Phi) is 5.14. The van der Waals surface area contributed by atoms with Gasteiger partial charge in [0.25, 0.3) is 0 Å². The number of esters is 1. The normalized spacial score (nSPS) is 18.3. The Labute approximate surface area is 185 Å². The summed E-state index contributed by atoms with van der Waals surface area (Å²) in [6, 6.07) is 11.5. The molecule has 0 fully saturated rings. The van der Waals surface area contributed by atoms with Crippen molar-refractivity contribution in [3.05, 3.63) is 75.1 Å². The number of carbonyl (C=O) groups excluding carboxylic acids is 1. The molecular formula is C24H23NO6S. The van der Waals surface area contributed by atoms with Crippen LogP contribution in [0.25, 0.3) is 11.0 Å². The Morgan fingerprint density at radius 2 is 1.88 bits per heavy atom. The van der Waals surface area contributed by atoms with Crippen molar-refractivity contribution in [2.75, 3.05) is 5.75 Å². The number of rotatable bonds is 4. The van der Waals surface area contributed by atoms with Crippen molar-refractivity contribution in [3.8, 4) is 5.75 Å². The minimum Gasteiger partial charge on any atom is -0.425 e. The van der Waals surface area contributed by atoms with Crippen molar-refractivity contribution < 1.29 is 22.4 Å². The molecule has 0 amide bonds. The highest BCUT2D eigenvalue weighted by Gasteiger charge is 2.39. The maximum absolute atomic E-state index is 13.1. The second-order valence-electron chi connectivity index (χ2n) is 8.21. The number of nitrogens with zero attached hydrogens (tertiary/aromatic N) is 1. The number of carbonyl (C=O) groups is 1. The summed E-state index contributed by atoms with van der Waals surface area (Å²) in [6.45, 7) is 1.69. The molecule has 0 N–H and O–H groups in total. The van der Waals surface area contributed by atoms with Gasteiger partial charge in [0, 0.05) is 30.0 Å². The molecule has 3 aromatic rings. The molecule has 1 aliphatic heterocycles. The van der Waals surface area contributed by atoms with Gasteiger partial charge < -0.3 is 9.15 Å². The van der Waals surface area contributed by atoms with E-state index in [4.69, 9.17) is 9.15 Å². The van der Waals surface area contributed by atoms with E-state index in [9.17, 15) is 18.0 Å². The predicted molar refractivity (Wildman–Crippen MR) is 119 cm³/mol. The van der Waals surface area contributed by atoms with Crippen molar-refractivity contribution in [1.82, 2.24) is 4.31 Å². The third-order valence-electron chi connectivity index (χ3n) is 6.36. The highest BCUT2D eigenvalue weighted by molar-refractivity contribution is 7.89. The van der Waals surface area contributed by atoms with Gasteiger partial charge in [-0.15, -0.1) is 0 Å². The molecule has 0 bridgehead atoms. The first-order chi connectivity index (χ1) is 15.4. The van der Waals surface area contributed by atoms with Gasteiger partial charge in [-0.3, -0.25) is 0 Å². The Balaban J connectivity index is 1.47. The Morgan fingerprint density at radius 3 is 2.66 bits per heavy atom.